The van der Waals surface area contributed by atoms with Crippen molar-refractivity contribution < 1.29 is 19.3 Å². The number of phenols is 1. The third kappa shape index (κ3) is 7.29. The minimum Gasteiger partial charge on any atom is -0.508 e. The Bertz CT molecular complexity index is 2150. The van der Waals surface area contributed by atoms with Crippen LogP contribution < -0.4 is 37.1 Å². The van der Waals surface area contributed by atoms with E-state index in [1.165, 1.54) is 12.1 Å². The van der Waals surface area contributed by atoms with E-state index in [4.69, 9.17) is 37.1 Å². The molecule has 2 heterocycles. The number of nitrogens with two attached hydrogens (primary N) is 4. The van der Waals surface area contributed by atoms with Crippen molar-refractivity contribution in [1.29, 1.82) is 0 Å². The number of phenolic OH excluding ortho intramolecular Hbond substituents is 1. The van der Waals surface area contributed by atoms with Gasteiger partial charge in [-0.25, -0.2) is 9.97 Å². The molecule has 2 aromatic heterocycles. The van der Waals surface area contributed by atoms with Crippen LogP contribution in [0.4, 0.5) is 23.5 Å². The molecule has 0 radical (unpaired) electrons. The van der Waals surface area contributed by atoms with Crippen LogP contribution in [0.2, 0.25) is 0 Å². The van der Waals surface area contributed by atoms with E-state index < -0.39 is 0 Å². The van der Waals surface area contributed by atoms with Crippen LogP contribution in [-0.4, -0.2) is 25.0 Å². The lowest BCUT2D eigenvalue weighted by Crippen LogP contribution is -2.01. The molecule has 0 aliphatic rings. The third-order valence-electron chi connectivity index (χ3n) is 6.83. The zero-order valence-electron chi connectivity index (χ0n) is 24.9. The number of ether oxygens (including phenoxy) is 3. The lowest BCUT2D eigenvalue weighted by atomic mass is 10.2. The highest BCUT2D eigenvalue weighted by Crippen LogP contribution is 2.34. The molecule has 234 valence electrons. The van der Waals surface area contributed by atoms with E-state index in [0.717, 1.165) is 11.3 Å². The maximum Gasteiger partial charge on any atom is 0.222 e. The molecule has 47 heavy (non-hydrogen) atoms. The SMILES string of the molecule is Nc1nc(N)c2c(Oc3ccc(O)cc3)cccc2n1.Nc1nc(N)c2c(Oc3ccc(OCc4ccccc4)cc3)cccc2n1. The summed E-state index contributed by atoms with van der Waals surface area (Å²) in [4.78, 5) is 16.3. The fourth-order valence-electron chi connectivity index (χ4n) is 4.68. The zero-order valence-corrected chi connectivity index (χ0v) is 24.9. The first kappa shape index (κ1) is 30.2. The van der Waals surface area contributed by atoms with Gasteiger partial charge in [-0.05, 0) is 78.4 Å². The van der Waals surface area contributed by atoms with E-state index in [0.29, 0.717) is 51.4 Å². The summed E-state index contributed by atoms with van der Waals surface area (Å²) in [5.41, 5.74) is 25.5. The summed E-state index contributed by atoms with van der Waals surface area (Å²) in [5, 5.41) is 10.5. The Morgan fingerprint density at radius 1 is 0.489 bits per heavy atom. The Morgan fingerprint density at radius 2 is 0.957 bits per heavy atom. The molecule has 0 spiro atoms. The van der Waals surface area contributed by atoms with Gasteiger partial charge in [-0.3, -0.25) is 0 Å². The molecule has 7 rings (SSSR count). The average molecular weight is 627 g/mol. The highest BCUT2D eigenvalue weighted by molar-refractivity contribution is 5.95. The topological polar surface area (TPSA) is 204 Å². The van der Waals surface area contributed by atoms with Crippen molar-refractivity contribution >= 4 is 45.3 Å². The van der Waals surface area contributed by atoms with Gasteiger partial charge < -0.3 is 42.3 Å². The van der Waals surface area contributed by atoms with E-state index in [1.54, 1.807) is 30.3 Å². The van der Waals surface area contributed by atoms with Gasteiger partial charge in [0.25, 0.3) is 0 Å². The van der Waals surface area contributed by atoms with Gasteiger partial charge in [-0.1, -0.05) is 42.5 Å². The van der Waals surface area contributed by atoms with E-state index in [-0.39, 0.29) is 29.3 Å². The number of hydrogen-bond donors (Lipinski definition) is 5. The normalized spacial score (nSPS) is 10.6. The van der Waals surface area contributed by atoms with Gasteiger partial charge in [0.2, 0.25) is 11.9 Å². The van der Waals surface area contributed by atoms with Gasteiger partial charge in [-0.2, -0.15) is 9.97 Å². The zero-order chi connectivity index (χ0) is 32.8. The average Bonchev–Trinajstić information content (AvgIpc) is 3.06. The van der Waals surface area contributed by atoms with Crippen molar-refractivity contribution in [2.24, 2.45) is 0 Å². The van der Waals surface area contributed by atoms with Crippen molar-refractivity contribution in [3.05, 3.63) is 121 Å². The largest absolute Gasteiger partial charge is 0.508 e. The summed E-state index contributed by atoms with van der Waals surface area (Å²) in [6, 6.07) is 34.6. The highest BCUT2D eigenvalue weighted by Gasteiger charge is 2.12. The monoisotopic (exact) mass is 626 g/mol. The molecule has 0 unspecified atom stereocenters. The molecule has 0 saturated carbocycles. The fraction of sp³-hybridized carbons (Fsp3) is 0.0286. The summed E-state index contributed by atoms with van der Waals surface area (Å²) >= 11 is 0. The van der Waals surface area contributed by atoms with Gasteiger partial charge in [0.05, 0.1) is 21.8 Å². The maximum atomic E-state index is 9.26. The molecular formula is C35H30N8O4. The van der Waals surface area contributed by atoms with Gasteiger partial charge in [0.15, 0.2) is 0 Å². The smallest absolute Gasteiger partial charge is 0.222 e. The molecule has 0 amide bonds. The summed E-state index contributed by atoms with van der Waals surface area (Å²) < 4.78 is 17.5. The number of nitrogen functional groups attached to an aromatic ring is 4. The quantitative estimate of drug-likeness (QED) is 0.129. The summed E-state index contributed by atoms with van der Waals surface area (Å²) in [5.74, 6) is 4.09. The molecule has 0 fully saturated rings. The number of aromatic nitrogens is 4. The fourth-order valence-corrected chi connectivity index (χ4v) is 4.68. The number of hydrogen-bond acceptors (Lipinski definition) is 12. The predicted molar refractivity (Wildman–Crippen MR) is 182 cm³/mol. The number of rotatable bonds is 7. The minimum atomic E-state index is 0.122. The van der Waals surface area contributed by atoms with Crippen molar-refractivity contribution in [1.82, 2.24) is 19.9 Å². The van der Waals surface area contributed by atoms with Crippen molar-refractivity contribution in [3.63, 3.8) is 0 Å². The second-order valence-electron chi connectivity index (χ2n) is 10.2. The molecule has 0 aliphatic carbocycles. The summed E-state index contributed by atoms with van der Waals surface area (Å²) in [7, 11) is 0. The van der Waals surface area contributed by atoms with Crippen LogP contribution in [0.15, 0.2) is 115 Å². The van der Waals surface area contributed by atoms with Crippen LogP contribution >= 0.6 is 0 Å². The number of anilines is 4. The Kier molecular flexibility index (Phi) is 8.64. The Labute approximate surface area is 269 Å². The first-order chi connectivity index (χ1) is 22.8. The minimum absolute atomic E-state index is 0.122. The molecule has 0 atom stereocenters. The first-order valence-electron chi connectivity index (χ1n) is 14.4. The third-order valence-corrected chi connectivity index (χ3v) is 6.83. The van der Waals surface area contributed by atoms with Crippen LogP contribution in [0, 0.1) is 0 Å². The summed E-state index contributed by atoms with van der Waals surface area (Å²) in [6.07, 6.45) is 0. The molecule has 0 bridgehead atoms. The molecule has 0 saturated heterocycles. The van der Waals surface area contributed by atoms with E-state index in [9.17, 15) is 5.11 Å². The number of fused-ring (bicyclic) bond motifs is 2. The number of nitrogens with zero attached hydrogens (tertiary/aromatic N) is 4. The standard InChI is InChI=1S/C21H18N4O2.C14H12N4O2/c22-20-19-17(24-21(23)25-20)7-4-8-18(19)27-16-11-9-15(10-12-16)26-13-14-5-2-1-3-6-14;15-13-12-10(17-14(16)18-13)2-1-3-11(12)20-9-6-4-8(19)5-7-9/h1-12H,13H2,(H4,22,23,24,25);1-7,19H,(H4,15,16,17,18). The molecule has 0 aliphatic heterocycles. The Hall–Kier alpha value is -6.82. The van der Waals surface area contributed by atoms with E-state index in [2.05, 4.69) is 19.9 Å². The van der Waals surface area contributed by atoms with Crippen LogP contribution in [-0.2, 0) is 6.61 Å². The van der Waals surface area contributed by atoms with Crippen LogP contribution in [0.3, 0.4) is 0 Å². The molecule has 9 N–H and O–H groups in total. The Morgan fingerprint density at radius 3 is 1.47 bits per heavy atom. The second-order valence-corrected chi connectivity index (χ2v) is 10.2. The van der Waals surface area contributed by atoms with Crippen molar-refractivity contribution in [3.8, 4) is 34.5 Å². The van der Waals surface area contributed by atoms with Crippen LogP contribution in [0.5, 0.6) is 34.5 Å². The maximum absolute atomic E-state index is 9.26. The van der Waals surface area contributed by atoms with Gasteiger partial charge in [-0.15, -0.1) is 0 Å². The second kappa shape index (κ2) is 13.4. The van der Waals surface area contributed by atoms with E-state index in [1.807, 2.05) is 72.8 Å². The van der Waals surface area contributed by atoms with Gasteiger partial charge in [0, 0.05) is 0 Å². The molecule has 12 nitrogen and oxygen atoms in total. The van der Waals surface area contributed by atoms with E-state index >= 15 is 0 Å². The molecular weight excluding hydrogens is 596 g/mol. The lowest BCUT2D eigenvalue weighted by molar-refractivity contribution is 0.306. The lowest BCUT2D eigenvalue weighted by Gasteiger charge is -2.11. The number of aromatic hydroxyl groups is 1. The van der Waals surface area contributed by atoms with Crippen molar-refractivity contribution in [2.75, 3.05) is 22.9 Å². The van der Waals surface area contributed by atoms with Crippen LogP contribution in [0.25, 0.3) is 21.8 Å². The molecule has 12 heteroatoms. The molecule has 7 aromatic rings. The predicted octanol–water partition coefficient (Wildman–Crippen LogP) is 6.46. The molecule has 5 aromatic carbocycles. The number of benzene rings is 5. The summed E-state index contributed by atoms with van der Waals surface area (Å²) in [6.45, 7) is 0.514. The van der Waals surface area contributed by atoms with Crippen LogP contribution in [0.1, 0.15) is 5.56 Å². The van der Waals surface area contributed by atoms with Crippen molar-refractivity contribution in [2.45, 2.75) is 6.61 Å². The van der Waals surface area contributed by atoms with Gasteiger partial charge >= 0.3 is 0 Å². The Balaban J connectivity index is 0.000000172. The highest BCUT2D eigenvalue weighted by atomic mass is 16.5. The van der Waals surface area contributed by atoms with Gasteiger partial charge in [0.1, 0.15) is 52.7 Å². The first-order valence-corrected chi connectivity index (χ1v) is 14.4.